The Bertz CT molecular complexity index is 496. The lowest BCUT2D eigenvalue weighted by Gasteiger charge is -2.34. The maximum absolute atomic E-state index is 13.8. The third-order valence-electron chi connectivity index (χ3n) is 3.94. The molecule has 20 heavy (non-hydrogen) atoms. The number of nitrogens with zero attached hydrogens (tertiary/aromatic N) is 2. The van der Waals surface area contributed by atoms with E-state index in [1.165, 1.54) is 5.56 Å². The molecule has 0 aromatic heterocycles. The van der Waals surface area contributed by atoms with Crippen molar-refractivity contribution in [3.63, 3.8) is 0 Å². The maximum atomic E-state index is 13.8. The van der Waals surface area contributed by atoms with E-state index in [0.29, 0.717) is 11.8 Å². The van der Waals surface area contributed by atoms with Crippen LogP contribution in [0.5, 0.6) is 0 Å². The van der Waals surface area contributed by atoms with Crippen LogP contribution in [-0.4, -0.2) is 18.1 Å². The summed E-state index contributed by atoms with van der Waals surface area (Å²) in [6.45, 7) is 8.76. The average molecular weight is 276 g/mol. The maximum Gasteiger partial charge on any atom is 0.206 e. The van der Waals surface area contributed by atoms with Crippen molar-refractivity contribution >= 4 is 5.69 Å². The number of hydrogen-bond donors (Lipinski definition) is 0. The summed E-state index contributed by atoms with van der Waals surface area (Å²) in [7, 11) is 1.78. The molecule has 0 fully saturated rings. The summed E-state index contributed by atoms with van der Waals surface area (Å²) in [4.78, 5) is 0. The minimum atomic E-state index is -0.177. The lowest BCUT2D eigenvalue weighted by atomic mass is 9.90. The van der Waals surface area contributed by atoms with E-state index in [4.69, 9.17) is 0 Å². The van der Waals surface area contributed by atoms with Gasteiger partial charge >= 0.3 is 0 Å². The average Bonchev–Trinajstić information content (AvgIpc) is 2.62. The Morgan fingerprint density at radius 3 is 2.40 bits per heavy atom. The minimum Gasteiger partial charge on any atom is -0.277 e. The zero-order valence-electron chi connectivity index (χ0n) is 13.1. The molecule has 0 radical (unpaired) electrons. The molecular formula is C17H25FN2. The van der Waals surface area contributed by atoms with E-state index in [1.807, 2.05) is 18.0 Å². The fourth-order valence-corrected chi connectivity index (χ4v) is 3.08. The topological polar surface area (TPSA) is 6.48 Å². The van der Waals surface area contributed by atoms with Crippen LogP contribution in [0.4, 0.5) is 10.1 Å². The molecule has 1 heterocycles. The lowest BCUT2D eigenvalue weighted by molar-refractivity contribution is 0.316. The van der Waals surface area contributed by atoms with Crippen molar-refractivity contribution < 1.29 is 4.39 Å². The Morgan fingerprint density at radius 2 is 1.85 bits per heavy atom. The highest BCUT2D eigenvalue weighted by atomic mass is 19.1. The summed E-state index contributed by atoms with van der Waals surface area (Å²) < 4.78 is 13.8. The standard InChI is InChI=1S/C17H25FN2/c1-12(2)10-13(3)15-8-6-7-9-16(15)20-14(4)11-17(18)19(20)5/h6-9,11-14H,10H2,1-5H3. The Kier molecular flexibility index (Phi) is 4.36. The van der Waals surface area contributed by atoms with Gasteiger partial charge in [0.15, 0.2) is 0 Å². The quantitative estimate of drug-likeness (QED) is 0.735. The van der Waals surface area contributed by atoms with Gasteiger partial charge in [0, 0.05) is 7.05 Å². The van der Waals surface area contributed by atoms with Crippen molar-refractivity contribution in [1.29, 1.82) is 0 Å². The number of benzene rings is 1. The molecule has 0 spiro atoms. The van der Waals surface area contributed by atoms with Crippen molar-refractivity contribution in [2.45, 2.75) is 46.1 Å². The number of anilines is 1. The second-order valence-electron chi connectivity index (χ2n) is 6.19. The predicted octanol–water partition coefficient (Wildman–Crippen LogP) is 4.70. The molecule has 2 rings (SSSR count). The lowest BCUT2D eigenvalue weighted by Crippen LogP contribution is -2.39. The molecule has 2 atom stereocenters. The van der Waals surface area contributed by atoms with Crippen LogP contribution in [0.15, 0.2) is 36.3 Å². The van der Waals surface area contributed by atoms with Crippen LogP contribution < -0.4 is 5.01 Å². The molecule has 110 valence electrons. The van der Waals surface area contributed by atoms with Crippen molar-refractivity contribution in [1.82, 2.24) is 5.01 Å². The van der Waals surface area contributed by atoms with E-state index in [-0.39, 0.29) is 12.0 Å². The normalized spacial score (nSPS) is 20.6. The molecule has 0 aliphatic carbocycles. The van der Waals surface area contributed by atoms with Gasteiger partial charge in [-0.15, -0.1) is 0 Å². The van der Waals surface area contributed by atoms with Crippen molar-refractivity contribution in [3.8, 4) is 0 Å². The van der Waals surface area contributed by atoms with Crippen LogP contribution in [0.1, 0.15) is 45.6 Å². The summed E-state index contributed by atoms with van der Waals surface area (Å²) in [6.07, 6.45) is 2.79. The molecule has 0 bridgehead atoms. The third-order valence-corrected chi connectivity index (χ3v) is 3.94. The fraction of sp³-hybridized carbons (Fsp3) is 0.529. The Balaban J connectivity index is 2.33. The molecular weight excluding hydrogens is 251 g/mol. The first-order chi connectivity index (χ1) is 9.41. The van der Waals surface area contributed by atoms with Gasteiger partial charge in [0.25, 0.3) is 0 Å². The van der Waals surface area contributed by atoms with Gasteiger partial charge in [-0.3, -0.25) is 10.0 Å². The van der Waals surface area contributed by atoms with E-state index in [1.54, 1.807) is 18.1 Å². The van der Waals surface area contributed by atoms with Crippen LogP contribution in [0.3, 0.4) is 0 Å². The first-order valence-corrected chi connectivity index (χ1v) is 7.41. The van der Waals surface area contributed by atoms with Gasteiger partial charge in [-0.25, -0.2) is 0 Å². The summed E-state index contributed by atoms with van der Waals surface area (Å²) in [6, 6.07) is 8.40. The Hall–Kier alpha value is -1.51. The monoisotopic (exact) mass is 276 g/mol. The van der Waals surface area contributed by atoms with Crippen LogP contribution in [0.2, 0.25) is 0 Å². The number of para-hydroxylation sites is 1. The van der Waals surface area contributed by atoms with Crippen LogP contribution in [-0.2, 0) is 0 Å². The van der Waals surface area contributed by atoms with Gasteiger partial charge in [0.2, 0.25) is 5.95 Å². The third kappa shape index (κ3) is 2.82. The molecule has 0 amide bonds. The molecule has 1 aliphatic rings. The second-order valence-corrected chi connectivity index (χ2v) is 6.19. The van der Waals surface area contributed by atoms with Gasteiger partial charge in [-0.1, -0.05) is 39.0 Å². The summed E-state index contributed by atoms with van der Waals surface area (Å²) in [5.41, 5.74) is 2.41. The van der Waals surface area contributed by atoms with Crippen molar-refractivity contribution in [2.75, 3.05) is 12.1 Å². The highest BCUT2D eigenvalue weighted by molar-refractivity contribution is 5.57. The predicted molar refractivity (Wildman–Crippen MR) is 83.2 cm³/mol. The minimum absolute atomic E-state index is 0.0485. The number of hydrazine groups is 1. The largest absolute Gasteiger partial charge is 0.277 e. The SMILES string of the molecule is CC(C)CC(C)c1ccccc1N1C(C)C=C(F)N1C. The second kappa shape index (κ2) is 5.86. The zero-order valence-corrected chi connectivity index (χ0v) is 13.1. The summed E-state index contributed by atoms with van der Waals surface area (Å²) >= 11 is 0. The van der Waals surface area contributed by atoms with E-state index in [2.05, 4.69) is 39.0 Å². The van der Waals surface area contributed by atoms with Crippen molar-refractivity contribution in [3.05, 3.63) is 41.9 Å². The highest BCUT2D eigenvalue weighted by Crippen LogP contribution is 2.36. The number of hydrogen-bond acceptors (Lipinski definition) is 2. The van der Waals surface area contributed by atoms with E-state index in [9.17, 15) is 4.39 Å². The first kappa shape index (κ1) is 14.9. The fourth-order valence-electron chi connectivity index (χ4n) is 3.08. The van der Waals surface area contributed by atoms with Gasteiger partial charge in [0.1, 0.15) is 0 Å². The zero-order chi connectivity index (χ0) is 14.9. The molecule has 1 aromatic rings. The van der Waals surface area contributed by atoms with Crippen molar-refractivity contribution in [2.24, 2.45) is 5.92 Å². The van der Waals surface area contributed by atoms with E-state index < -0.39 is 0 Å². The van der Waals surface area contributed by atoms with E-state index in [0.717, 1.165) is 12.1 Å². The Labute approximate surface area is 121 Å². The van der Waals surface area contributed by atoms with Gasteiger partial charge < -0.3 is 0 Å². The molecule has 2 unspecified atom stereocenters. The molecule has 3 heteroatoms. The van der Waals surface area contributed by atoms with Gasteiger partial charge in [0.05, 0.1) is 11.7 Å². The highest BCUT2D eigenvalue weighted by Gasteiger charge is 2.29. The van der Waals surface area contributed by atoms with Crippen LogP contribution in [0, 0.1) is 5.92 Å². The van der Waals surface area contributed by atoms with Gasteiger partial charge in [-0.05, 0) is 42.9 Å². The first-order valence-electron chi connectivity index (χ1n) is 7.41. The molecule has 0 saturated heterocycles. The van der Waals surface area contributed by atoms with Crippen LogP contribution >= 0.6 is 0 Å². The number of halogens is 1. The Morgan fingerprint density at radius 1 is 1.20 bits per heavy atom. The molecule has 0 N–H and O–H groups in total. The molecule has 2 nitrogen and oxygen atoms in total. The van der Waals surface area contributed by atoms with E-state index >= 15 is 0 Å². The molecule has 1 aromatic carbocycles. The molecule has 0 saturated carbocycles. The summed E-state index contributed by atoms with van der Waals surface area (Å²) in [5, 5.41) is 3.63. The van der Waals surface area contributed by atoms with Gasteiger partial charge in [-0.2, -0.15) is 4.39 Å². The summed E-state index contributed by atoms with van der Waals surface area (Å²) in [5.74, 6) is 0.945. The van der Waals surface area contributed by atoms with Crippen LogP contribution in [0.25, 0.3) is 0 Å². The smallest absolute Gasteiger partial charge is 0.206 e. The molecule has 1 aliphatic heterocycles. The number of rotatable bonds is 4.